The van der Waals surface area contributed by atoms with Crippen molar-refractivity contribution in [3.63, 3.8) is 0 Å². The Kier molecular flexibility index (Phi) is 5.76. The highest BCUT2D eigenvalue weighted by Gasteiger charge is 2.17. The van der Waals surface area contributed by atoms with Gasteiger partial charge in [0, 0.05) is 0 Å². The predicted octanol–water partition coefficient (Wildman–Crippen LogP) is 5.06. The second-order valence-corrected chi connectivity index (χ2v) is 6.57. The molecule has 0 aliphatic heterocycles. The summed E-state index contributed by atoms with van der Waals surface area (Å²) in [6, 6.07) is 15.5. The summed E-state index contributed by atoms with van der Waals surface area (Å²) < 4.78 is 11.9. The van der Waals surface area contributed by atoms with E-state index in [4.69, 9.17) is 9.47 Å². The average Bonchev–Trinajstić information content (AvgIpc) is 2.59. The van der Waals surface area contributed by atoms with Crippen molar-refractivity contribution in [2.75, 3.05) is 0 Å². The topological polar surface area (TPSA) is 38.7 Å². The highest BCUT2D eigenvalue weighted by molar-refractivity contribution is 5.33. The van der Waals surface area contributed by atoms with Gasteiger partial charge in [-0.2, -0.15) is 0 Å². The van der Waals surface area contributed by atoms with E-state index in [0.29, 0.717) is 11.9 Å². The first-order valence-corrected chi connectivity index (χ1v) is 8.88. The molecule has 24 heavy (non-hydrogen) atoms. The van der Waals surface area contributed by atoms with Crippen LogP contribution in [0.4, 0.5) is 0 Å². The van der Waals surface area contributed by atoms with Crippen LogP contribution in [0.15, 0.2) is 48.5 Å². The largest absolute Gasteiger partial charge is 0.508 e. The molecule has 2 aromatic carbocycles. The molecule has 0 heterocycles. The van der Waals surface area contributed by atoms with E-state index >= 15 is 0 Å². The van der Waals surface area contributed by atoms with Crippen LogP contribution in [0.25, 0.3) is 0 Å². The second kappa shape index (κ2) is 8.20. The molecule has 128 valence electrons. The van der Waals surface area contributed by atoms with Crippen molar-refractivity contribution >= 4 is 0 Å². The van der Waals surface area contributed by atoms with Crippen LogP contribution in [-0.2, 0) is 11.2 Å². The lowest BCUT2D eigenvalue weighted by Gasteiger charge is -2.26. The van der Waals surface area contributed by atoms with Gasteiger partial charge in [-0.25, -0.2) is 0 Å². The Labute approximate surface area is 144 Å². The van der Waals surface area contributed by atoms with Crippen LogP contribution < -0.4 is 4.74 Å². The van der Waals surface area contributed by atoms with Crippen molar-refractivity contribution in [3.8, 4) is 11.5 Å². The highest BCUT2D eigenvalue weighted by atomic mass is 16.7. The van der Waals surface area contributed by atoms with Crippen molar-refractivity contribution in [1.29, 1.82) is 0 Å². The van der Waals surface area contributed by atoms with Crippen molar-refractivity contribution in [1.82, 2.24) is 0 Å². The summed E-state index contributed by atoms with van der Waals surface area (Å²) in [5, 5.41) is 9.33. The van der Waals surface area contributed by atoms with Crippen LogP contribution in [0.3, 0.4) is 0 Å². The number of rotatable bonds is 6. The molecule has 1 unspecified atom stereocenters. The molecule has 0 saturated heterocycles. The van der Waals surface area contributed by atoms with Crippen molar-refractivity contribution in [2.45, 2.75) is 57.8 Å². The number of ether oxygens (including phenoxy) is 2. The Bertz CT molecular complexity index is 613. The van der Waals surface area contributed by atoms with E-state index in [2.05, 4.69) is 12.1 Å². The van der Waals surface area contributed by atoms with Gasteiger partial charge in [0.25, 0.3) is 0 Å². The molecule has 3 nitrogen and oxygen atoms in total. The maximum Gasteiger partial charge on any atom is 0.197 e. The molecule has 0 aromatic heterocycles. The van der Waals surface area contributed by atoms with Crippen molar-refractivity contribution in [2.24, 2.45) is 0 Å². The van der Waals surface area contributed by atoms with Gasteiger partial charge in [0.1, 0.15) is 11.5 Å². The lowest BCUT2D eigenvalue weighted by Crippen LogP contribution is -2.26. The molecule has 0 spiro atoms. The minimum atomic E-state index is -0.212. The maximum absolute atomic E-state index is 9.33. The molecule has 0 radical (unpaired) electrons. The zero-order valence-electron chi connectivity index (χ0n) is 14.3. The molecular weight excluding hydrogens is 300 g/mol. The minimum absolute atomic E-state index is 0.212. The fourth-order valence-corrected chi connectivity index (χ4v) is 3.23. The van der Waals surface area contributed by atoms with Gasteiger partial charge in [0.15, 0.2) is 6.29 Å². The summed E-state index contributed by atoms with van der Waals surface area (Å²) in [4.78, 5) is 0. The third-order valence-electron chi connectivity index (χ3n) is 4.51. The van der Waals surface area contributed by atoms with Crippen molar-refractivity contribution < 1.29 is 14.6 Å². The summed E-state index contributed by atoms with van der Waals surface area (Å²) in [5.74, 6) is 1.14. The predicted molar refractivity (Wildman–Crippen MR) is 95.4 cm³/mol. The van der Waals surface area contributed by atoms with Gasteiger partial charge >= 0.3 is 0 Å². The fraction of sp³-hybridized carbons (Fsp3) is 0.429. The summed E-state index contributed by atoms with van der Waals surface area (Å²) in [5.41, 5.74) is 2.39. The first-order valence-electron chi connectivity index (χ1n) is 8.88. The Balaban J connectivity index is 1.51. The van der Waals surface area contributed by atoms with Gasteiger partial charge in [-0.05, 0) is 61.6 Å². The molecule has 1 N–H and O–H groups in total. The van der Waals surface area contributed by atoms with Crippen LogP contribution in [-0.4, -0.2) is 17.5 Å². The summed E-state index contributed by atoms with van der Waals surface area (Å²) in [7, 11) is 0. The van der Waals surface area contributed by atoms with Crippen LogP contribution in [0.2, 0.25) is 0 Å². The number of benzene rings is 2. The van der Waals surface area contributed by atoms with E-state index in [1.807, 2.05) is 31.2 Å². The van der Waals surface area contributed by atoms with E-state index in [-0.39, 0.29) is 6.29 Å². The Morgan fingerprint density at radius 3 is 2.12 bits per heavy atom. The quantitative estimate of drug-likeness (QED) is 0.754. The second-order valence-electron chi connectivity index (χ2n) is 6.57. The smallest absolute Gasteiger partial charge is 0.197 e. The molecule has 1 fully saturated rings. The number of hydrogen-bond donors (Lipinski definition) is 1. The minimum Gasteiger partial charge on any atom is -0.508 e. The van der Waals surface area contributed by atoms with E-state index in [1.54, 1.807) is 12.1 Å². The first-order chi connectivity index (χ1) is 11.7. The summed E-state index contributed by atoms with van der Waals surface area (Å²) in [6.07, 6.45) is 7.15. The van der Waals surface area contributed by atoms with Crippen molar-refractivity contribution in [3.05, 3.63) is 59.7 Å². The molecule has 0 bridgehead atoms. The lowest BCUT2D eigenvalue weighted by molar-refractivity contribution is -0.116. The van der Waals surface area contributed by atoms with E-state index in [9.17, 15) is 5.11 Å². The molecule has 0 amide bonds. The third kappa shape index (κ3) is 5.00. The van der Waals surface area contributed by atoms with Crippen LogP contribution >= 0.6 is 0 Å². The fourth-order valence-electron chi connectivity index (χ4n) is 3.23. The summed E-state index contributed by atoms with van der Waals surface area (Å²) in [6.45, 7) is 1.97. The zero-order valence-corrected chi connectivity index (χ0v) is 14.3. The number of phenols is 1. The lowest BCUT2D eigenvalue weighted by atomic mass is 9.98. The van der Waals surface area contributed by atoms with Gasteiger partial charge in [-0.15, -0.1) is 0 Å². The Morgan fingerprint density at radius 1 is 0.917 bits per heavy atom. The first kappa shape index (κ1) is 16.8. The number of phenolic OH excluding ortho intramolecular Hbond substituents is 1. The molecule has 1 saturated carbocycles. The third-order valence-corrected chi connectivity index (χ3v) is 4.51. The Morgan fingerprint density at radius 2 is 1.50 bits per heavy atom. The molecule has 2 aromatic rings. The number of hydrogen-bond acceptors (Lipinski definition) is 3. The zero-order chi connectivity index (χ0) is 16.8. The maximum atomic E-state index is 9.33. The van der Waals surface area contributed by atoms with Gasteiger partial charge < -0.3 is 14.6 Å². The van der Waals surface area contributed by atoms with Crippen LogP contribution in [0.1, 0.15) is 50.2 Å². The average molecular weight is 326 g/mol. The van der Waals surface area contributed by atoms with Crippen LogP contribution in [0.5, 0.6) is 11.5 Å². The summed E-state index contributed by atoms with van der Waals surface area (Å²) >= 11 is 0. The van der Waals surface area contributed by atoms with Gasteiger partial charge in [0.05, 0.1) is 6.10 Å². The molecule has 1 aliphatic carbocycles. The molecular formula is C21H26O3. The normalized spacial score (nSPS) is 16.7. The van der Waals surface area contributed by atoms with E-state index < -0.39 is 0 Å². The monoisotopic (exact) mass is 326 g/mol. The Hall–Kier alpha value is -2.00. The molecule has 1 atom stereocenters. The van der Waals surface area contributed by atoms with Gasteiger partial charge in [0.2, 0.25) is 0 Å². The van der Waals surface area contributed by atoms with E-state index in [0.717, 1.165) is 25.0 Å². The molecule has 3 heteroatoms. The number of aromatic hydroxyl groups is 1. The molecule has 1 aliphatic rings. The van der Waals surface area contributed by atoms with Gasteiger partial charge in [-0.3, -0.25) is 0 Å². The standard InChI is InChI=1S/C21H26O3/c1-16(23-20-5-3-2-4-6-20)24-21-13-9-18(10-14-21)15-17-7-11-19(22)12-8-17/h7-14,16,20,22H,2-6,15H2,1H3. The van der Waals surface area contributed by atoms with E-state index in [1.165, 1.54) is 30.4 Å². The molecule has 3 rings (SSSR count). The highest BCUT2D eigenvalue weighted by Crippen LogP contribution is 2.23. The SMILES string of the molecule is CC(Oc1ccc(Cc2ccc(O)cc2)cc1)OC1CCCCC1. The van der Waals surface area contributed by atoms with Gasteiger partial charge in [-0.1, -0.05) is 43.5 Å². The van der Waals surface area contributed by atoms with Crippen LogP contribution in [0, 0.1) is 0 Å².